The Hall–Kier alpha value is 0.310. The van der Waals surface area contributed by atoms with Gasteiger partial charge < -0.3 is 4.74 Å². The lowest BCUT2D eigenvalue weighted by molar-refractivity contribution is -0.152. The molecule has 6 nitrogen and oxygen atoms in total. The fourth-order valence-electron chi connectivity index (χ4n) is 1.53. The first-order valence-electron chi connectivity index (χ1n) is 7.32. The fraction of sp³-hybridized carbons (Fsp3) is 0.923. The zero-order valence-electron chi connectivity index (χ0n) is 13.5. The molecule has 0 aromatic rings. The quantitative estimate of drug-likeness (QED) is 0.158. The fourth-order valence-corrected chi connectivity index (χ4v) is 3.91. The molecular weight excluding hydrogens is 408 g/mol. The van der Waals surface area contributed by atoms with Crippen molar-refractivity contribution < 1.29 is 23.1 Å². The van der Waals surface area contributed by atoms with Gasteiger partial charge in [0.05, 0.1) is 6.61 Å². The van der Waals surface area contributed by atoms with Gasteiger partial charge in [0.15, 0.2) is 0 Å². The lowest BCUT2D eigenvalue weighted by Gasteiger charge is -2.28. The Morgan fingerprint density at radius 1 is 1.29 bits per heavy atom. The third-order valence-corrected chi connectivity index (χ3v) is 7.28. The van der Waals surface area contributed by atoms with Crippen LogP contribution in [0.4, 0.5) is 0 Å². The normalized spacial score (nSPS) is 16.0. The topological polar surface area (TPSA) is 65.1 Å². The average molecular weight is 435 g/mol. The largest absolute Gasteiger partial charge is 0.461 e. The molecule has 0 spiro atoms. The number of hydrogen-bond donors (Lipinski definition) is 0. The van der Waals surface area contributed by atoms with Crippen LogP contribution >= 0.6 is 30.6 Å². The van der Waals surface area contributed by atoms with Crippen molar-refractivity contribution >= 4 is 36.6 Å². The van der Waals surface area contributed by atoms with Crippen LogP contribution in [0, 0.1) is 0 Å². The number of esters is 1. The highest BCUT2D eigenvalue weighted by Gasteiger charge is 2.38. The standard InChI is InChI=1S/C13H27INO5P/c1-6-9-10-19-21(17,18-5)15(14)11(4)13(16)20-12(7-2)8-3/h11-12H,6-10H2,1-5H3. The van der Waals surface area contributed by atoms with Gasteiger partial charge >= 0.3 is 13.7 Å². The Morgan fingerprint density at radius 3 is 2.29 bits per heavy atom. The van der Waals surface area contributed by atoms with Crippen LogP contribution in [0.3, 0.4) is 0 Å². The molecule has 0 fully saturated rings. The maximum Gasteiger partial charge on any atom is 0.417 e. The Kier molecular flexibility index (Phi) is 11.1. The van der Waals surface area contributed by atoms with Crippen LogP contribution < -0.4 is 0 Å². The van der Waals surface area contributed by atoms with Crippen molar-refractivity contribution in [1.29, 1.82) is 0 Å². The van der Waals surface area contributed by atoms with E-state index in [4.69, 9.17) is 13.8 Å². The van der Waals surface area contributed by atoms with Gasteiger partial charge in [0.25, 0.3) is 0 Å². The molecule has 0 aromatic heterocycles. The zero-order valence-corrected chi connectivity index (χ0v) is 16.6. The minimum Gasteiger partial charge on any atom is -0.461 e. The Morgan fingerprint density at radius 2 is 1.86 bits per heavy atom. The molecule has 8 heteroatoms. The SMILES string of the molecule is CCCCOP(=O)(OC)N(I)C(C)C(=O)OC(CC)CC. The Labute approximate surface area is 142 Å². The Bertz CT molecular complexity index is 351. The molecule has 126 valence electrons. The van der Waals surface area contributed by atoms with Gasteiger partial charge in [0.2, 0.25) is 0 Å². The monoisotopic (exact) mass is 435 g/mol. The van der Waals surface area contributed by atoms with E-state index in [2.05, 4.69) is 0 Å². The van der Waals surface area contributed by atoms with Crippen molar-refractivity contribution in [2.75, 3.05) is 13.7 Å². The van der Waals surface area contributed by atoms with Crippen molar-refractivity contribution in [2.24, 2.45) is 0 Å². The molecule has 0 rings (SSSR count). The number of hydrogen-bond acceptors (Lipinski definition) is 5. The summed E-state index contributed by atoms with van der Waals surface area (Å²) in [5, 5.41) is 0. The number of carbonyl (C=O) groups excluding carboxylic acids is 1. The summed E-state index contributed by atoms with van der Waals surface area (Å²) in [5.41, 5.74) is 0. The first kappa shape index (κ1) is 21.3. The Balaban J connectivity index is 4.73. The van der Waals surface area contributed by atoms with Crippen molar-refractivity contribution in [2.45, 2.75) is 65.5 Å². The van der Waals surface area contributed by atoms with Gasteiger partial charge in [-0.25, -0.2) is 4.57 Å². The molecule has 2 unspecified atom stereocenters. The van der Waals surface area contributed by atoms with E-state index in [1.807, 2.05) is 20.8 Å². The minimum absolute atomic E-state index is 0.118. The lowest BCUT2D eigenvalue weighted by Crippen LogP contribution is -2.34. The van der Waals surface area contributed by atoms with Crippen molar-refractivity contribution in [3.05, 3.63) is 0 Å². The zero-order chi connectivity index (χ0) is 16.5. The summed E-state index contributed by atoms with van der Waals surface area (Å²) in [5.74, 6) is -0.422. The summed E-state index contributed by atoms with van der Waals surface area (Å²) in [6.45, 7) is 7.89. The summed E-state index contributed by atoms with van der Waals surface area (Å²) in [7, 11) is -2.16. The molecule has 0 saturated carbocycles. The van der Waals surface area contributed by atoms with Crippen LogP contribution in [0.1, 0.15) is 53.4 Å². The maximum absolute atomic E-state index is 12.6. The molecule has 0 saturated heterocycles. The summed E-state index contributed by atoms with van der Waals surface area (Å²) >= 11 is 1.80. The smallest absolute Gasteiger partial charge is 0.417 e. The minimum atomic E-state index is -3.47. The molecule has 0 N–H and O–H groups in total. The first-order chi connectivity index (χ1) is 9.86. The van der Waals surface area contributed by atoms with E-state index in [9.17, 15) is 9.36 Å². The van der Waals surface area contributed by atoms with Crippen LogP contribution in [0.25, 0.3) is 0 Å². The number of carbonyl (C=O) groups is 1. The first-order valence-corrected chi connectivity index (χ1v) is 9.78. The molecule has 0 radical (unpaired) electrons. The maximum atomic E-state index is 12.6. The van der Waals surface area contributed by atoms with Gasteiger partial charge in [-0.1, -0.05) is 27.2 Å². The van der Waals surface area contributed by atoms with Gasteiger partial charge in [-0.2, -0.15) is 0 Å². The van der Waals surface area contributed by atoms with Gasteiger partial charge in [-0.3, -0.25) is 13.8 Å². The average Bonchev–Trinajstić information content (AvgIpc) is 2.50. The second-order valence-corrected chi connectivity index (χ2v) is 8.47. The number of ether oxygens (including phenoxy) is 1. The van der Waals surface area contributed by atoms with Gasteiger partial charge in [0, 0.05) is 30.0 Å². The molecule has 0 heterocycles. The molecule has 2 atom stereocenters. The predicted octanol–water partition coefficient (Wildman–Crippen LogP) is 4.33. The molecule has 0 amide bonds. The van der Waals surface area contributed by atoms with E-state index in [1.54, 1.807) is 29.8 Å². The molecule has 0 bridgehead atoms. The summed E-state index contributed by atoms with van der Waals surface area (Å²) in [4.78, 5) is 12.1. The van der Waals surface area contributed by atoms with E-state index < -0.39 is 19.8 Å². The summed E-state index contributed by atoms with van der Waals surface area (Å²) < 4.78 is 29.6. The van der Waals surface area contributed by atoms with Crippen LogP contribution in [-0.2, 0) is 23.1 Å². The molecule has 21 heavy (non-hydrogen) atoms. The van der Waals surface area contributed by atoms with E-state index in [-0.39, 0.29) is 6.10 Å². The highest BCUT2D eigenvalue weighted by Crippen LogP contribution is 2.55. The van der Waals surface area contributed by atoms with Crippen LogP contribution in [-0.4, -0.2) is 34.7 Å². The summed E-state index contributed by atoms with van der Waals surface area (Å²) in [6.07, 6.45) is 3.10. The van der Waals surface area contributed by atoms with E-state index in [0.717, 1.165) is 25.7 Å². The highest BCUT2D eigenvalue weighted by atomic mass is 127. The van der Waals surface area contributed by atoms with Gasteiger partial charge in [-0.05, 0) is 26.2 Å². The van der Waals surface area contributed by atoms with E-state index in [0.29, 0.717) is 6.61 Å². The number of unbranched alkanes of at least 4 members (excludes halogenated alkanes) is 1. The van der Waals surface area contributed by atoms with Gasteiger partial charge in [0.1, 0.15) is 12.1 Å². The number of halogens is 1. The summed E-state index contributed by atoms with van der Waals surface area (Å²) in [6, 6.07) is -0.710. The predicted molar refractivity (Wildman–Crippen MR) is 91.3 cm³/mol. The second-order valence-electron chi connectivity index (χ2n) is 4.68. The molecular formula is C13H27INO5P. The third kappa shape index (κ3) is 6.95. The van der Waals surface area contributed by atoms with Crippen LogP contribution in [0.5, 0.6) is 0 Å². The van der Waals surface area contributed by atoms with Gasteiger partial charge in [-0.15, -0.1) is 2.88 Å². The molecule has 0 aromatic carbocycles. The second kappa shape index (κ2) is 10.9. The highest BCUT2D eigenvalue weighted by molar-refractivity contribution is 14.1. The molecule has 0 aliphatic rings. The van der Waals surface area contributed by atoms with Crippen molar-refractivity contribution in [1.82, 2.24) is 2.88 Å². The van der Waals surface area contributed by atoms with Crippen LogP contribution in [0.15, 0.2) is 0 Å². The number of nitrogens with zero attached hydrogens (tertiary/aromatic N) is 1. The number of rotatable bonds is 11. The molecule has 0 aliphatic carbocycles. The third-order valence-electron chi connectivity index (χ3n) is 3.07. The van der Waals surface area contributed by atoms with Crippen molar-refractivity contribution in [3.8, 4) is 0 Å². The van der Waals surface area contributed by atoms with E-state index in [1.165, 1.54) is 9.99 Å². The van der Waals surface area contributed by atoms with Crippen LogP contribution in [0.2, 0.25) is 0 Å². The van der Waals surface area contributed by atoms with Crippen molar-refractivity contribution in [3.63, 3.8) is 0 Å². The molecule has 0 aliphatic heterocycles. The lowest BCUT2D eigenvalue weighted by atomic mass is 10.2. The van der Waals surface area contributed by atoms with E-state index >= 15 is 0 Å².